The number of nitrogens with one attached hydrogen (secondary N) is 1. The molecule has 0 bridgehead atoms. The molecule has 1 fully saturated rings. The number of carbonyl (C=O) groups is 1. The first-order valence-electron chi connectivity index (χ1n) is 6.75. The van der Waals surface area contributed by atoms with Gasteiger partial charge in [0, 0.05) is 13.6 Å². The molecule has 2 rings (SSSR count). The number of ether oxygens (including phenoxy) is 1. The topological polar surface area (TPSA) is 75.7 Å². The normalized spacial score (nSPS) is 23.7. The van der Waals surface area contributed by atoms with Crippen LogP contribution < -0.4 is 5.32 Å². The summed E-state index contributed by atoms with van der Waals surface area (Å²) in [5.41, 5.74) is -0.415. The Morgan fingerprint density at radius 3 is 2.67 bits per heavy atom. The molecule has 0 unspecified atom stereocenters. The highest BCUT2D eigenvalue weighted by Gasteiger charge is 2.42. The van der Waals surface area contributed by atoms with Crippen LogP contribution in [0.1, 0.15) is 12.5 Å². The number of hydrogen-bond donors (Lipinski definition) is 1. The quantitative estimate of drug-likeness (QED) is 0.870. The molecule has 7 heteroatoms. The predicted molar refractivity (Wildman–Crippen MR) is 79.1 cm³/mol. The summed E-state index contributed by atoms with van der Waals surface area (Å²) in [5.74, 6) is -0.389. The lowest BCUT2D eigenvalue weighted by Crippen LogP contribution is -2.58. The summed E-state index contributed by atoms with van der Waals surface area (Å²) in [6.07, 6.45) is 0. The van der Waals surface area contributed by atoms with Crippen molar-refractivity contribution in [3.05, 3.63) is 35.9 Å². The van der Waals surface area contributed by atoms with Crippen molar-refractivity contribution in [2.45, 2.75) is 18.3 Å². The minimum atomic E-state index is -3.48. The summed E-state index contributed by atoms with van der Waals surface area (Å²) < 4.78 is 31.8. The number of carbonyl (C=O) groups excluding carboxylic acids is 1. The molecule has 1 atom stereocenters. The maximum Gasteiger partial charge on any atom is 0.253 e. The SMILES string of the molecule is CNC(=O)[C@]1(C)CN(S(=O)(=O)Cc2ccccc2)CCO1. The van der Waals surface area contributed by atoms with Crippen molar-refractivity contribution in [1.29, 1.82) is 0 Å². The van der Waals surface area contributed by atoms with Gasteiger partial charge in [0.15, 0.2) is 5.60 Å². The molecule has 1 amide bonds. The van der Waals surface area contributed by atoms with Crippen LogP contribution in [-0.2, 0) is 25.3 Å². The zero-order valence-corrected chi connectivity index (χ0v) is 13.0. The van der Waals surface area contributed by atoms with Crippen LogP contribution in [0.15, 0.2) is 30.3 Å². The van der Waals surface area contributed by atoms with E-state index < -0.39 is 15.6 Å². The van der Waals surface area contributed by atoms with Crippen molar-refractivity contribution < 1.29 is 17.9 Å². The number of likely N-dealkylation sites (N-methyl/N-ethyl adjacent to an activating group) is 1. The van der Waals surface area contributed by atoms with Crippen LogP contribution in [0.5, 0.6) is 0 Å². The third kappa shape index (κ3) is 3.61. The highest BCUT2D eigenvalue weighted by Crippen LogP contribution is 2.22. The fourth-order valence-electron chi connectivity index (χ4n) is 2.35. The second-order valence-corrected chi connectivity index (χ2v) is 7.20. The van der Waals surface area contributed by atoms with Crippen LogP contribution in [0.25, 0.3) is 0 Å². The van der Waals surface area contributed by atoms with Crippen molar-refractivity contribution in [3.63, 3.8) is 0 Å². The molecule has 0 aromatic heterocycles. The molecule has 1 aliphatic rings. The summed E-state index contributed by atoms with van der Waals surface area (Å²) in [7, 11) is -1.97. The van der Waals surface area contributed by atoms with Crippen molar-refractivity contribution >= 4 is 15.9 Å². The molecule has 116 valence electrons. The lowest BCUT2D eigenvalue weighted by Gasteiger charge is -2.38. The summed E-state index contributed by atoms with van der Waals surface area (Å²) in [6, 6.07) is 9.00. The molecular weight excluding hydrogens is 292 g/mol. The van der Waals surface area contributed by atoms with Crippen LogP contribution >= 0.6 is 0 Å². The Balaban J connectivity index is 2.15. The van der Waals surface area contributed by atoms with E-state index in [4.69, 9.17) is 4.74 Å². The molecule has 1 aliphatic heterocycles. The van der Waals surface area contributed by atoms with Crippen LogP contribution in [0, 0.1) is 0 Å². The first-order valence-corrected chi connectivity index (χ1v) is 8.36. The van der Waals surface area contributed by atoms with Gasteiger partial charge in [0.05, 0.1) is 18.9 Å². The van der Waals surface area contributed by atoms with E-state index in [1.165, 1.54) is 11.4 Å². The third-order valence-electron chi connectivity index (χ3n) is 3.53. The smallest absolute Gasteiger partial charge is 0.253 e. The van der Waals surface area contributed by atoms with E-state index >= 15 is 0 Å². The van der Waals surface area contributed by atoms with Crippen LogP contribution in [-0.4, -0.2) is 51.0 Å². The highest BCUT2D eigenvalue weighted by molar-refractivity contribution is 7.88. The standard InChI is InChI=1S/C14H20N2O4S/c1-14(13(17)15-2)11-16(8-9-20-14)21(18,19)10-12-6-4-3-5-7-12/h3-7H,8-11H2,1-2H3,(H,15,17)/t14-/m0/s1. The molecule has 1 N–H and O–H groups in total. The molecule has 1 aromatic rings. The van der Waals surface area contributed by atoms with E-state index in [1.807, 2.05) is 6.07 Å². The van der Waals surface area contributed by atoms with Crippen molar-refractivity contribution in [3.8, 4) is 0 Å². The molecule has 0 radical (unpaired) electrons. The Morgan fingerprint density at radius 2 is 2.05 bits per heavy atom. The van der Waals surface area contributed by atoms with Crippen molar-refractivity contribution in [2.24, 2.45) is 0 Å². The maximum atomic E-state index is 12.5. The molecule has 0 spiro atoms. The number of morpholine rings is 1. The van der Waals surface area contributed by atoms with E-state index in [9.17, 15) is 13.2 Å². The minimum Gasteiger partial charge on any atom is -0.363 e. The van der Waals surface area contributed by atoms with Crippen LogP contribution in [0.2, 0.25) is 0 Å². The molecule has 0 saturated carbocycles. The number of rotatable bonds is 4. The fourth-order valence-corrected chi connectivity index (χ4v) is 3.94. The van der Waals surface area contributed by atoms with Gasteiger partial charge in [-0.1, -0.05) is 30.3 Å². The van der Waals surface area contributed by atoms with E-state index in [-0.39, 0.29) is 31.4 Å². The van der Waals surface area contributed by atoms with Gasteiger partial charge >= 0.3 is 0 Å². The van der Waals surface area contributed by atoms with Gasteiger partial charge in [-0.15, -0.1) is 0 Å². The predicted octanol–water partition coefficient (Wildman–Crippen LogP) is 0.353. The maximum absolute atomic E-state index is 12.5. The minimum absolute atomic E-state index is 0.0296. The molecule has 1 heterocycles. The molecule has 6 nitrogen and oxygen atoms in total. The average Bonchev–Trinajstić information content (AvgIpc) is 2.47. The van der Waals surface area contributed by atoms with Gasteiger partial charge in [-0.2, -0.15) is 4.31 Å². The summed E-state index contributed by atoms with van der Waals surface area (Å²) in [4.78, 5) is 11.9. The lowest BCUT2D eigenvalue weighted by atomic mass is 10.0. The number of sulfonamides is 1. The first-order chi connectivity index (χ1) is 9.87. The first kappa shape index (κ1) is 15.9. The molecule has 21 heavy (non-hydrogen) atoms. The third-order valence-corrected chi connectivity index (χ3v) is 5.33. The molecule has 1 saturated heterocycles. The van der Waals surface area contributed by atoms with E-state index in [0.717, 1.165) is 5.56 Å². The molecule has 1 aromatic carbocycles. The summed E-state index contributed by atoms with van der Waals surface area (Å²) in [5, 5.41) is 2.51. The number of benzene rings is 1. The Labute approximate surface area is 125 Å². The van der Waals surface area contributed by atoms with E-state index in [2.05, 4.69) is 5.32 Å². The zero-order chi connectivity index (χ0) is 15.5. The van der Waals surface area contributed by atoms with Crippen LogP contribution in [0.4, 0.5) is 0 Å². The van der Waals surface area contributed by atoms with Gasteiger partial charge in [0.1, 0.15) is 0 Å². The number of hydrogen-bond acceptors (Lipinski definition) is 4. The summed E-state index contributed by atoms with van der Waals surface area (Å²) >= 11 is 0. The largest absolute Gasteiger partial charge is 0.363 e. The van der Waals surface area contributed by atoms with Crippen molar-refractivity contribution in [1.82, 2.24) is 9.62 Å². The Bertz CT molecular complexity index is 603. The second kappa shape index (κ2) is 6.13. The van der Waals surface area contributed by atoms with Crippen molar-refractivity contribution in [2.75, 3.05) is 26.7 Å². The average molecular weight is 312 g/mol. The number of nitrogens with zero attached hydrogens (tertiary/aromatic N) is 1. The Morgan fingerprint density at radius 1 is 1.38 bits per heavy atom. The van der Waals surface area contributed by atoms with Gasteiger partial charge in [-0.3, -0.25) is 4.79 Å². The summed E-state index contributed by atoms with van der Waals surface area (Å²) in [6.45, 7) is 2.11. The number of amides is 1. The lowest BCUT2D eigenvalue weighted by molar-refractivity contribution is -0.151. The van der Waals surface area contributed by atoms with Gasteiger partial charge in [-0.05, 0) is 12.5 Å². The van der Waals surface area contributed by atoms with E-state index in [1.54, 1.807) is 31.2 Å². The zero-order valence-electron chi connectivity index (χ0n) is 12.2. The van der Waals surface area contributed by atoms with Gasteiger partial charge < -0.3 is 10.1 Å². The molecule has 0 aliphatic carbocycles. The highest BCUT2D eigenvalue weighted by atomic mass is 32.2. The fraction of sp³-hybridized carbons (Fsp3) is 0.500. The Hall–Kier alpha value is -1.44. The van der Waals surface area contributed by atoms with Gasteiger partial charge in [0.25, 0.3) is 5.91 Å². The second-order valence-electron chi connectivity index (χ2n) is 5.23. The van der Waals surface area contributed by atoms with Gasteiger partial charge in [0.2, 0.25) is 10.0 Å². The molecular formula is C14H20N2O4S. The van der Waals surface area contributed by atoms with Gasteiger partial charge in [-0.25, -0.2) is 8.42 Å². The van der Waals surface area contributed by atoms with Crippen LogP contribution in [0.3, 0.4) is 0 Å². The Kier molecular flexibility index (Phi) is 4.65. The van der Waals surface area contributed by atoms with E-state index in [0.29, 0.717) is 0 Å². The monoisotopic (exact) mass is 312 g/mol.